The van der Waals surface area contributed by atoms with Crippen LogP contribution in [-0.4, -0.2) is 31.8 Å². The number of aryl methyl sites for hydroxylation is 1. The number of fused-ring (bicyclic) bond motifs is 1. The summed E-state index contributed by atoms with van der Waals surface area (Å²) in [5.74, 6) is 1.68. The molecule has 0 radical (unpaired) electrons. The summed E-state index contributed by atoms with van der Waals surface area (Å²) in [4.78, 5) is 11.4. The van der Waals surface area contributed by atoms with Crippen LogP contribution in [0.25, 0.3) is 0 Å². The second-order valence-corrected chi connectivity index (χ2v) is 5.61. The summed E-state index contributed by atoms with van der Waals surface area (Å²) < 4.78 is 11.1. The number of rotatable bonds is 6. The number of amides is 2. The van der Waals surface area contributed by atoms with Gasteiger partial charge in [0.05, 0.1) is 0 Å². The van der Waals surface area contributed by atoms with E-state index in [0.717, 1.165) is 50.1 Å². The van der Waals surface area contributed by atoms with Gasteiger partial charge in [-0.2, -0.15) is 0 Å². The highest BCUT2D eigenvalue weighted by Crippen LogP contribution is 2.31. The molecule has 0 aromatic heterocycles. The fraction of sp³-hybridized carbons (Fsp3) is 0.562. The molecule has 0 spiro atoms. The summed E-state index contributed by atoms with van der Waals surface area (Å²) in [5.41, 5.74) is 1.25. The van der Waals surface area contributed by atoms with E-state index in [1.165, 1.54) is 5.56 Å². The first-order valence-corrected chi connectivity index (χ1v) is 7.74. The second-order valence-electron chi connectivity index (χ2n) is 5.61. The fourth-order valence-corrected chi connectivity index (χ4v) is 2.36. The van der Waals surface area contributed by atoms with Crippen molar-refractivity contribution in [1.29, 1.82) is 0 Å². The van der Waals surface area contributed by atoms with Crippen molar-refractivity contribution >= 4 is 6.03 Å². The van der Waals surface area contributed by atoms with E-state index in [4.69, 9.17) is 9.47 Å². The van der Waals surface area contributed by atoms with Crippen LogP contribution >= 0.6 is 0 Å². The van der Waals surface area contributed by atoms with Crippen LogP contribution in [-0.2, 0) is 6.42 Å². The zero-order chi connectivity index (χ0) is 14.5. The van der Waals surface area contributed by atoms with E-state index in [9.17, 15) is 4.79 Å². The number of ether oxygens (including phenoxy) is 2. The molecule has 2 aliphatic rings. The van der Waals surface area contributed by atoms with Gasteiger partial charge in [0.2, 0.25) is 0 Å². The van der Waals surface area contributed by atoms with Crippen molar-refractivity contribution in [3.63, 3.8) is 0 Å². The highest BCUT2D eigenvalue weighted by Gasteiger charge is 2.22. The van der Waals surface area contributed by atoms with Gasteiger partial charge in [-0.1, -0.05) is 6.07 Å². The number of hydrogen-bond donors (Lipinski definition) is 2. The molecule has 5 nitrogen and oxygen atoms in total. The maximum absolute atomic E-state index is 11.4. The van der Waals surface area contributed by atoms with Crippen molar-refractivity contribution in [1.82, 2.24) is 10.6 Å². The molecule has 21 heavy (non-hydrogen) atoms. The van der Waals surface area contributed by atoms with Crippen LogP contribution in [0, 0.1) is 0 Å². The molecule has 3 rings (SSSR count). The lowest BCUT2D eigenvalue weighted by molar-refractivity contribution is 0.171. The molecular formula is C16H22N2O3. The summed E-state index contributed by atoms with van der Waals surface area (Å²) in [5, 5.41) is 5.81. The fourth-order valence-electron chi connectivity index (χ4n) is 2.36. The molecule has 1 aromatic rings. The van der Waals surface area contributed by atoms with Crippen LogP contribution < -0.4 is 20.1 Å². The molecule has 2 amide bonds. The molecule has 0 bridgehead atoms. The molecule has 0 saturated heterocycles. The standard InChI is InChI=1S/C16H22N2O3/c19-16(18-13-5-6-13)17-8-2-1-3-12-4-7-14-15(11-12)21-10-9-20-14/h4,7,11,13H,1-3,5-6,8-10H2,(H2,17,18,19). The van der Waals surface area contributed by atoms with Crippen LogP contribution in [0.5, 0.6) is 11.5 Å². The minimum absolute atomic E-state index is 0.0307. The van der Waals surface area contributed by atoms with Crippen LogP contribution in [0.2, 0.25) is 0 Å². The lowest BCUT2D eigenvalue weighted by Crippen LogP contribution is -2.37. The number of urea groups is 1. The van der Waals surface area contributed by atoms with Crippen LogP contribution in [0.1, 0.15) is 31.2 Å². The Labute approximate surface area is 125 Å². The maximum atomic E-state index is 11.4. The predicted molar refractivity (Wildman–Crippen MR) is 79.9 cm³/mol. The lowest BCUT2D eigenvalue weighted by Gasteiger charge is -2.18. The lowest BCUT2D eigenvalue weighted by atomic mass is 10.1. The monoisotopic (exact) mass is 290 g/mol. The van der Waals surface area contributed by atoms with E-state index in [1.54, 1.807) is 0 Å². The van der Waals surface area contributed by atoms with Gasteiger partial charge in [0.15, 0.2) is 11.5 Å². The van der Waals surface area contributed by atoms with Gasteiger partial charge in [-0.3, -0.25) is 0 Å². The van der Waals surface area contributed by atoms with Crippen LogP contribution in [0.15, 0.2) is 18.2 Å². The molecule has 5 heteroatoms. The second kappa shape index (κ2) is 6.70. The van der Waals surface area contributed by atoms with Gasteiger partial charge in [-0.15, -0.1) is 0 Å². The number of benzene rings is 1. The highest BCUT2D eigenvalue weighted by atomic mass is 16.6. The van der Waals surface area contributed by atoms with E-state index in [0.29, 0.717) is 19.3 Å². The Kier molecular flexibility index (Phi) is 4.48. The molecule has 1 aromatic carbocycles. The third-order valence-electron chi connectivity index (χ3n) is 3.70. The molecule has 0 atom stereocenters. The smallest absolute Gasteiger partial charge is 0.315 e. The largest absolute Gasteiger partial charge is 0.486 e. The van der Waals surface area contributed by atoms with Gasteiger partial charge in [-0.05, 0) is 49.8 Å². The Morgan fingerprint density at radius 2 is 1.95 bits per heavy atom. The summed E-state index contributed by atoms with van der Waals surface area (Å²) in [6, 6.07) is 6.51. The molecule has 0 unspecified atom stereocenters. The van der Waals surface area contributed by atoms with Crippen LogP contribution in [0.4, 0.5) is 4.79 Å². The van der Waals surface area contributed by atoms with E-state index in [2.05, 4.69) is 22.8 Å². The Morgan fingerprint density at radius 3 is 2.76 bits per heavy atom. The molecule has 1 aliphatic heterocycles. The van der Waals surface area contributed by atoms with Crippen LogP contribution in [0.3, 0.4) is 0 Å². The Morgan fingerprint density at radius 1 is 1.14 bits per heavy atom. The molecule has 1 fully saturated rings. The topological polar surface area (TPSA) is 59.6 Å². The molecular weight excluding hydrogens is 268 g/mol. The van der Waals surface area contributed by atoms with Crippen molar-refractivity contribution in [3.8, 4) is 11.5 Å². The van der Waals surface area contributed by atoms with Gasteiger partial charge in [0.1, 0.15) is 13.2 Å². The van der Waals surface area contributed by atoms with Crippen molar-refractivity contribution in [2.75, 3.05) is 19.8 Å². The number of carbonyl (C=O) groups excluding carboxylic acids is 1. The van der Waals surface area contributed by atoms with Gasteiger partial charge >= 0.3 is 6.03 Å². The first kappa shape index (κ1) is 14.0. The van der Waals surface area contributed by atoms with E-state index < -0.39 is 0 Å². The van der Waals surface area contributed by atoms with Gasteiger partial charge in [0, 0.05) is 12.6 Å². The highest BCUT2D eigenvalue weighted by molar-refractivity contribution is 5.74. The number of hydrogen-bond acceptors (Lipinski definition) is 3. The van der Waals surface area contributed by atoms with E-state index in [1.807, 2.05) is 6.07 Å². The summed E-state index contributed by atoms with van der Waals surface area (Å²) in [6.07, 6.45) is 5.26. The summed E-state index contributed by atoms with van der Waals surface area (Å²) >= 11 is 0. The van der Waals surface area contributed by atoms with Crippen molar-refractivity contribution in [3.05, 3.63) is 23.8 Å². The Hall–Kier alpha value is -1.91. The minimum atomic E-state index is -0.0307. The van der Waals surface area contributed by atoms with E-state index >= 15 is 0 Å². The minimum Gasteiger partial charge on any atom is -0.486 e. The molecule has 1 aliphatic carbocycles. The average Bonchev–Trinajstić information content (AvgIpc) is 3.30. The third-order valence-corrected chi connectivity index (χ3v) is 3.70. The molecule has 1 saturated carbocycles. The predicted octanol–water partition coefficient (Wildman–Crippen LogP) is 2.24. The average molecular weight is 290 g/mol. The maximum Gasteiger partial charge on any atom is 0.315 e. The Balaban J connectivity index is 1.34. The first-order valence-electron chi connectivity index (χ1n) is 7.74. The third kappa shape index (κ3) is 4.28. The summed E-state index contributed by atoms with van der Waals surface area (Å²) in [6.45, 7) is 1.97. The SMILES string of the molecule is O=C(NCCCCc1ccc2c(c1)OCCO2)NC1CC1. The van der Waals surface area contributed by atoms with Crippen molar-refractivity contribution < 1.29 is 14.3 Å². The molecule has 1 heterocycles. The summed E-state index contributed by atoms with van der Waals surface area (Å²) in [7, 11) is 0. The Bertz CT molecular complexity index is 500. The molecule has 114 valence electrons. The van der Waals surface area contributed by atoms with E-state index in [-0.39, 0.29) is 6.03 Å². The van der Waals surface area contributed by atoms with Gasteiger partial charge in [-0.25, -0.2) is 4.79 Å². The van der Waals surface area contributed by atoms with Crippen molar-refractivity contribution in [2.45, 2.75) is 38.1 Å². The number of nitrogens with one attached hydrogen (secondary N) is 2. The van der Waals surface area contributed by atoms with Crippen molar-refractivity contribution in [2.24, 2.45) is 0 Å². The molecule has 2 N–H and O–H groups in total. The van der Waals surface area contributed by atoms with Gasteiger partial charge in [0.25, 0.3) is 0 Å². The first-order chi connectivity index (χ1) is 10.3. The number of carbonyl (C=O) groups is 1. The normalized spacial score (nSPS) is 16.4. The number of unbranched alkanes of at least 4 members (excludes halogenated alkanes) is 1. The quantitative estimate of drug-likeness (QED) is 0.790. The zero-order valence-corrected chi connectivity index (χ0v) is 12.2. The van der Waals surface area contributed by atoms with Gasteiger partial charge < -0.3 is 20.1 Å². The zero-order valence-electron chi connectivity index (χ0n) is 12.2.